The van der Waals surface area contributed by atoms with Gasteiger partial charge in [0.25, 0.3) is 0 Å². The van der Waals surface area contributed by atoms with Gasteiger partial charge in [-0.25, -0.2) is 4.79 Å². The van der Waals surface area contributed by atoms with E-state index >= 15 is 0 Å². The van der Waals surface area contributed by atoms with Crippen molar-refractivity contribution in [2.24, 2.45) is 0 Å². The maximum atomic E-state index is 12.9. The largest absolute Gasteiger partial charge is 0.465 e. The molecule has 0 saturated heterocycles. The summed E-state index contributed by atoms with van der Waals surface area (Å²) in [5.41, 5.74) is 0.782. The van der Waals surface area contributed by atoms with Gasteiger partial charge in [0, 0.05) is 0 Å². The molecular formula is C20H22O5. The van der Waals surface area contributed by atoms with Crippen LogP contribution in [0.15, 0.2) is 40.8 Å². The Kier molecular flexibility index (Phi) is 4.93. The van der Waals surface area contributed by atoms with Gasteiger partial charge in [-0.3, -0.25) is 4.79 Å². The Morgan fingerprint density at radius 3 is 2.48 bits per heavy atom. The molecule has 3 rings (SSSR count). The van der Waals surface area contributed by atoms with Gasteiger partial charge in [-0.1, -0.05) is 43.2 Å². The molecule has 1 aromatic carbocycles. The second-order valence-electron chi connectivity index (χ2n) is 6.41. The highest BCUT2D eigenvalue weighted by atomic mass is 16.5. The quantitative estimate of drug-likeness (QED) is 0.770. The van der Waals surface area contributed by atoms with Crippen molar-refractivity contribution in [3.63, 3.8) is 0 Å². The zero-order valence-corrected chi connectivity index (χ0v) is 14.5. The summed E-state index contributed by atoms with van der Waals surface area (Å²) >= 11 is 0. The van der Waals surface area contributed by atoms with E-state index in [4.69, 9.17) is 13.9 Å². The lowest BCUT2D eigenvalue weighted by Gasteiger charge is -2.27. The number of hydrogen-bond donors (Lipinski definition) is 0. The highest BCUT2D eigenvalue weighted by molar-refractivity contribution is 5.90. The summed E-state index contributed by atoms with van der Waals surface area (Å²) in [6.07, 6.45) is 3.60. The lowest BCUT2D eigenvalue weighted by Crippen LogP contribution is -2.34. The Balaban J connectivity index is 1.74. The zero-order valence-electron chi connectivity index (χ0n) is 14.5. The van der Waals surface area contributed by atoms with Gasteiger partial charge in [-0.15, -0.1) is 0 Å². The fourth-order valence-corrected chi connectivity index (χ4v) is 3.55. The van der Waals surface area contributed by atoms with Gasteiger partial charge in [-0.05, 0) is 31.4 Å². The molecule has 2 aromatic rings. The lowest BCUT2D eigenvalue weighted by atomic mass is 9.79. The van der Waals surface area contributed by atoms with Gasteiger partial charge in [-0.2, -0.15) is 0 Å². The smallest absolute Gasteiger partial charge is 0.341 e. The molecule has 1 aromatic heterocycles. The molecule has 0 radical (unpaired) electrons. The Bertz CT molecular complexity index is 754. The lowest BCUT2D eigenvalue weighted by molar-refractivity contribution is -0.152. The standard InChI is InChI=1S/C20H22O5/c1-14-17(18(21)23-2)12-16(25-14)13-24-19(22)20(10-6-7-11-20)15-8-4-3-5-9-15/h3-5,8-9,12H,6-7,10-11,13H2,1-2H3. The first-order valence-corrected chi connectivity index (χ1v) is 8.47. The van der Waals surface area contributed by atoms with Crippen LogP contribution >= 0.6 is 0 Å². The molecule has 1 aliphatic carbocycles. The van der Waals surface area contributed by atoms with E-state index in [9.17, 15) is 9.59 Å². The van der Waals surface area contributed by atoms with Crippen LogP contribution < -0.4 is 0 Å². The Labute approximate surface area is 146 Å². The fourth-order valence-electron chi connectivity index (χ4n) is 3.55. The summed E-state index contributed by atoms with van der Waals surface area (Å²) in [6.45, 7) is 1.69. The zero-order chi connectivity index (χ0) is 17.9. The van der Waals surface area contributed by atoms with E-state index in [0.717, 1.165) is 31.2 Å². The number of furan rings is 1. The van der Waals surface area contributed by atoms with Gasteiger partial charge in [0.1, 0.15) is 23.7 Å². The van der Waals surface area contributed by atoms with Crippen LogP contribution in [0.2, 0.25) is 0 Å². The van der Waals surface area contributed by atoms with Crippen molar-refractivity contribution >= 4 is 11.9 Å². The van der Waals surface area contributed by atoms with Crippen LogP contribution in [-0.4, -0.2) is 19.0 Å². The first-order valence-electron chi connectivity index (χ1n) is 8.47. The highest BCUT2D eigenvalue weighted by Crippen LogP contribution is 2.42. The van der Waals surface area contributed by atoms with Crippen molar-refractivity contribution in [2.45, 2.75) is 44.6 Å². The van der Waals surface area contributed by atoms with Gasteiger partial charge in [0.15, 0.2) is 0 Å². The fraction of sp³-hybridized carbons (Fsp3) is 0.400. The molecule has 1 saturated carbocycles. The number of aryl methyl sites for hydroxylation is 1. The predicted molar refractivity (Wildman–Crippen MR) is 91.2 cm³/mol. The molecule has 1 aliphatic rings. The molecule has 0 spiro atoms. The second-order valence-corrected chi connectivity index (χ2v) is 6.41. The normalized spacial score (nSPS) is 15.8. The molecule has 5 heteroatoms. The van der Waals surface area contributed by atoms with E-state index in [1.165, 1.54) is 7.11 Å². The number of methoxy groups -OCH3 is 1. The molecule has 5 nitrogen and oxygen atoms in total. The van der Waals surface area contributed by atoms with Crippen LogP contribution in [0.3, 0.4) is 0 Å². The topological polar surface area (TPSA) is 65.7 Å². The summed E-state index contributed by atoms with van der Waals surface area (Å²) in [4.78, 5) is 24.5. The summed E-state index contributed by atoms with van der Waals surface area (Å²) in [7, 11) is 1.32. The molecule has 0 N–H and O–H groups in total. The Morgan fingerprint density at radius 1 is 1.16 bits per heavy atom. The third-order valence-corrected chi connectivity index (χ3v) is 4.89. The molecule has 1 fully saturated rings. The SMILES string of the molecule is COC(=O)c1cc(COC(=O)C2(c3ccccc3)CCCC2)oc1C. The first kappa shape index (κ1) is 17.3. The summed E-state index contributed by atoms with van der Waals surface area (Å²) in [6, 6.07) is 11.4. The summed E-state index contributed by atoms with van der Waals surface area (Å²) < 4.78 is 15.8. The van der Waals surface area contributed by atoms with Crippen molar-refractivity contribution in [3.05, 3.63) is 59.0 Å². The molecule has 132 valence electrons. The van der Waals surface area contributed by atoms with Crippen LogP contribution in [0.4, 0.5) is 0 Å². The van der Waals surface area contributed by atoms with Crippen LogP contribution in [0.5, 0.6) is 0 Å². The maximum Gasteiger partial charge on any atom is 0.341 e. The summed E-state index contributed by atoms with van der Waals surface area (Å²) in [5.74, 6) is 0.198. The van der Waals surface area contributed by atoms with Crippen molar-refractivity contribution in [1.29, 1.82) is 0 Å². The van der Waals surface area contributed by atoms with Gasteiger partial charge >= 0.3 is 11.9 Å². The van der Waals surface area contributed by atoms with Crippen LogP contribution in [-0.2, 0) is 26.3 Å². The average Bonchev–Trinajstić information content (AvgIpc) is 3.27. The Morgan fingerprint density at radius 2 is 1.84 bits per heavy atom. The number of carbonyl (C=O) groups excluding carboxylic acids is 2. The van der Waals surface area contributed by atoms with E-state index in [0.29, 0.717) is 17.1 Å². The number of benzene rings is 1. The highest BCUT2D eigenvalue weighted by Gasteiger charge is 2.44. The molecule has 0 bridgehead atoms. The van der Waals surface area contributed by atoms with E-state index in [-0.39, 0.29) is 12.6 Å². The molecule has 0 amide bonds. The third kappa shape index (κ3) is 3.31. The minimum Gasteiger partial charge on any atom is -0.465 e. The first-order chi connectivity index (χ1) is 12.1. The average molecular weight is 342 g/mol. The molecular weight excluding hydrogens is 320 g/mol. The maximum absolute atomic E-state index is 12.9. The summed E-state index contributed by atoms with van der Waals surface area (Å²) in [5, 5.41) is 0. The number of hydrogen-bond acceptors (Lipinski definition) is 5. The molecule has 0 atom stereocenters. The van der Waals surface area contributed by atoms with Crippen molar-refractivity contribution in [3.8, 4) is 0 Å². The van der Waals surface area contributed by atoms with E-state index < -0.39 is 11.4 Å². The second kappa shape index (κ2) is 7.13. The Hall–Kier alpha value is -2.56. The monoisotopic (exact) mass is 342 g/mol. The van der Waals surface area contributed by atoms with Crippen molar-refractivity contribution in [2.75, 3.05) is 7.11 Å². The molecule has 25 heavy (non-hydrogen) atoms. The van der Waals surface area contributed by atoms with E-state index in [2.05, 4.69) is 0 Å². The van der Waals surface area contributed by atoms with Crippen LogP contribution in [0.25, 0.3) is 0 Å². The molecule has 1 heterocycles. The molecule has 0 unspecified atom stereocenters. The van der Waals surface area contributed by atoms with E-state index in [1.807, 2.05) is 30.3 Å². The number of carbonyl (C=O) groups is 2. The van der Waals surface area contributed by atoms with Crippen LogP contribution in [0.1, 0.15) is 53.1 Å². The van der Waals surface area contributed by atoms with E-state index in [1.54, 1.807) is 13.0 Å². The van der Waals surface area contributed by atoms with Gasteiger partial charge < -0.3 is 13.9 Å². The van der Waals surface area contributed by atoms with Crippen molar-refractivity contribution < 1.29 is 23.5 Å². The molecule has 0 aliphatic heterocycles. The number of rotatable bonds is 5. The van der Waals surface area contributed by atoms with Crippen LogP contribution in [0, 0.1) is 6.92 Å². The number of ether oxygens (including phenoxy) is 2. The third-order valence-electron chi connectivity index (χ3n) is 4.89. The van der Waals surface area contributed by atoms with Gasteiger partial charge in [0.2, 0.25) is 0 Å². The number of esters is 2. The minimum absolute atomic E-state index is 0.00521. The predicted octanol–water partition coefficient (Wildman–Crippen LogP) is 3.93. The van der Waals surface area contributed by atoms with Crippen molar-refractivity contribution in [1.82, 2.24) is 0 Å². The minimum atomic E-state index is -0.575. The van der Waals surface area contributed by atoms with Gasteiger partial charge in [0.05, 0.1) is 12.5 Å².